The summed E-state index contributed by atoms with van der Waals surface area (Å²) in [6.45, 7) is 11.5. The number of ether oxygens (including phenoxy) is 2. The molecule has 3 aliphatic rings. The third-order valence-corrected chi connectivity index (χ3v) is 9.66. The third kappa shape index (κ3) is 6.49. The van der Waals surface area contributed by atoms with Gasteiger partial charge in [0.05, 0.1) is 24.0 Å². The monoisotopic (exact) mass is 643 g/mol. The number of esters is 1. The van der Waals surface area contributed by atoms with E-state index in [1.54, 1.807) is 17.1 Å². The number of allylic oxidation sites excluding steroid dienone is 1. The minimum Gasteiger partial charge on any atom is -0.463 e. The Balaban J connectivity index is 1.46. The summed E-state index contributed by atoms with van der Waals surface area (Å²) in [6.07, 6.45) is 4.64. The van der Waals surface area contributed by atoms with Crippen LogP contribution in [0.4, 0.5) is 5.69 Å². The Hall–Kier alpha value is -4.28. The Morgan fingerprint density at radius 1 is 1.13 bits per heavy atom. The van der Waals surface area contributed by atoms with E-state index in [0.29, 0.717) is 19.3 Å². The molecule has 10 nitrogen and oxygen atoms in total. The summed E-state index contributed by atoms with van der Waals surface area (Å²) in [5.41, 5.74) is 2.12. The first kappa shape index (κ1) is 34.1. The first-order valence-corrected chi connectivity index (χ1v) is 16.4. The van der Waals surface area contributed by atoms with Crippen LogP contribution in [0.25, 0.3) is 0 Å². The molecule has 0 saturated carbocycles. The molecule has 0 aliphatic carbocycles. The molecule has 3 aliphatic heterocycles. The van der Waals surface area contributed by atoms with Gasteiger partial charge in [-0.2, -0.15) is 0 Å². The van der Waals surface area contributed by atoms with Crippen LogP contribution < -0.4 is 10.2 Å². The number of aliphatic hydroxyl groups is 1. The average molecular weight is 644 g/mol. The molecular weight excluding hydrogens is 598 g/mol. The molecule has 1 spiro atoms. The summed E-state index contributed by atoms with van der Waals surface area (Å²) in [5, 5.41) is 12.8. The summed E-state index contributed by atoms with van der Waals surface area (Å²) >= 11 is 0. The van der Waals surface area contributed by atoms with Crippen molar-refractivity contribution in [1.82, 2.24) is 10.2 Å². The van der Waals surface area contributed by atoms with Crippen molar-refractivity contribution in [2.75, 3.05) is 31.2 Å². The Morgan fingerprint density at radius 3 is 2.51 bits per heavy atom. The van der Waals surface area contributed by atoms with E-state index in [1.807, 2.05) is 62.4 Å². The molecule has 6 atom stereocenters. The maximum absolute atomic E-state index is 14.7. The summed E-state index contributed by atoms with van der Waals surface area (Å²) in [5.74, 6) is -3.15. The predicted octanol–water partition coefficient (Wildman–Crippen LogP) is 3.95. The highest BCUT2D eigenvalue weighted by atomic mass is 16.5. The van der Waals surface area contributed by atoms with Crippen molar-refractivity contribution in [3.05, 3.63) is 90.5 Å². The number of anilines is 1. The van der Waals surface area contributed by atoms with Crippen molar-refractivity contribution in [2.45, 2.75) is 69.7 Å². The van der Waals surface area contributed by atoms with Crippen molar-refractivity contribution in [3.63, 3.8) is 0 Å². The number of nitrogens with zero attached hydrogens (tertiary/aromatic N) is 2. The van der Waals surface area contributed by atoms with Gasteiger partial charge in [0, 0.05) is 31.8 Å². The van der Waals surface area contributed by atoms with Gasteiger partial charge in [-0.1, -0.05) is 60.7 Å². The highest BCUT2D eigenvalue weighted by molar-refractivity contribution is 6.05. The molecule has 2 bridgehead atoms. The minimum absolute atomic E-state index is 0.0796. The molecule has 5 rings (SSSR count). The molecule has 2 aromatic rings. The number of nitrogens with one attached hydrogen (secondary N) is 1. The number of fused-ring (bicyclic) bond motifs is 1. The number of amides is 3. The van der Waals surface area contributed by atoms with Crippen molar-refractivity contribution >= 4 is 29.4 Å². The molecule has 10 heteroatoms. The SMILES string of the molecule is C=CCCC(=O)OC[C@H](NC(=O)[C@@H]1[C@@H]2CC[C@]3(O2)[C@H](C(=O)N(CC=C)c2c(C)cccc2C)N(CCCO)C(=O)[C@@H]13)c1ccccc1. The highest BCUT2D eigenvalue weighted by Crippen LogP contribution is 2.58. The number of para-hydroxylation sites is 1. The second-order valence-corrected chi connectivity index (χ2v) is 12.6. The van der Waals surface area contributed by atoms with Crippen LogP contribution in [0.15, 0.2) is 73.8 Å². The molecule has 2 aromatic carbocycles. The lowest BCUT2D eigenvalue weighted by atomic mass is 9.70. The molecule has 3 heterocycles. The number of hydrogen-bond donors (Lipinski definition) is 2. The maximum atomic E-state index is 14.7. The summed E-state index contributed by atoms with van der Waals surface area (Å²) in [7, 11) is 0. The number of carbonyl (C=O) groups is 4. The summed E-state index contributed by atoms with van der Waals surface area (Å²) in [6, 6.07) is 13.4. The fourth-order valence-electron chi connectivity index (χ4n) is 7.66. The molecular formula is C37H45N3O7. The second-order valence-electron chi connectivity index (χ2n) is 12.6. The zero-order valence-corrected chi connectivity index (χ0v) is 27.2. The van der Waals surface area contributed by atoms with Crippen molar-refractivity contribution in [2.24, 2.45) is 11.8 Å². The molecule has 250 valence electrons. The lowest BCUT2D eigenvalue weighted by Gasteiger charge is -2.37. The zero-order valence-electron chi connectivity index (χ0n) is 27.2. The van der Waals surface area contributed by atoms with Crippen LogP contribution in [-0.4, -0.2) is 77.7 Å². The summed E-state index contributed by atoms with van der Waals surface area (Å²) in [4.78, 5) is 58.8. The van der Waals surface area contributed by atoms with Gasteiger partial charge in [0.15, 0.2) is 0 Å². The molecule has 2 N–H and O–H groups in total. The minimum atomic E-state index is -1.20. The van der Waals surface area contributed by atoms with Gasteiger partial charge >= 0.3 is 5.97 Å². The Bertz CT molecular complexity index is 1490. The molecule has 0 aromatic heterocycles. The van der Waals surface area contributed by atoms with Gasteiger partial charge in [-0.25, -0.2) is 0 Å². The molecule has 47 heavy (non-hydrogen) atoms. The third-order valence-electron chi connectivity index (χ3n) is 9.66. The molecule has 3 saturated heterocycles. The van der Waals surface area contributed by atoms with Gasteiger partial charge in [0.2, 0.25) is 11.8 Å². The number of likely N-dealkylation sites (tertiary alicyclic amines) is 1. The fraction of sp³-hybridized carbons (Fsp3) is 0.459. The number of benzene rings is 2. The Morgan fingerprint density at radius 2 is 1.85 bits per heavy atom. The van der Waals surface area contributed by atoms with E-state index in [-0.39, 0.29) is 56.9 Å². The lowest BCUT2D eigenvalue weighted by molar-refractivity contribution is -0.146. The average Bonchev–Trinajstić information content (AvgIpc) is 3.71. The summed E-state index contributed by atoms with van der Waals surface area (Å²) < 4.78 is 12.2. The van der Waals surface area contributed by atoms with Gasteiger partial charge < -0.3 is 29.7 Å². The second kappa shape index (κ2) is 14.6. The predicted molar refractivity (Wildman–Crippen MR) is 177 cm³/mol. The van der Waals surface area contributed by atoms with Crippen molar-refractivity contribution < 1.29 is 33.8 Å². The largest absolute Gasteiger partial charge is 0.463 e. The van der Waals surface area contributed by atoms with E-state index in [1.165, 1.54) is 4.90 Å². The first-order chi connectivity index (χ1) is 22.7. The molecule has 0 radical (unpaired) electrons. The van der Waals surface area contributed by atoms with Crippen LogP contribution in [-0.2, 0) is 28.7 Å². The number of rotatable bonds is 15. The van der Waals surface area contributed by atoms with Crippen molar-refractivity contribution in [3.8, 4) is 0 Å². The van der Waals surface area contributed by atoms with Crippen LogP contribution in [0.3, 0.4) is 0 Å². The smallest absolute Gasteiger partial charge is 0.306 e. The standard InChI is InChI=1S/C37H45N3O7/c1-5-7-17-29(42)46-23-27(26-15-9-8-10-16-26)38-34(43)30-28-18-19-37(47-28)31(30)35(44)40(21-12-22-41)33(37)36(45)39(20-6-2)32-24(3)13-11-14-25(32)4/h5-6,8-11,13-16,27-28,30-31,33,41H,1-2,7,12,17-23H2,3-4H3,(H,38,43)/t27-,28-,30+,31+,33-,37+/m0/s1. The Kier molecular flexibility index (Phi) is 10.6. The molecule has 3 amide bonds. The van der Waals surface area contributed by atoms with E-state index < -0.39 is 41.6 Å². The number of aryl methyl sites for hydroxylation is 2. The van der Waals surface area contributed by atoms with Gasteiger partial charge in [-0.15, -0.1) is 13.2 Å². The first-order valence-electron chi connectivity index (χ1n) is 16.4. The van der Waals surface area contributed by atoms with E-state index in [9.17, 15) is 24.3 Å². The maximum Gasteiger partial charge on any atom is 0.306 e. The highest BCUT2D eigenvalue weighted by Gasteiger charge is 2.74. The van der Waals surface area contributed by atoms with Gasteiger partial charge in [-0.3, -0.25) is 19.2 Å². The van der Waals surface area contributed by atoms with Crippen LogP contribution in [0.5, 0.6) is 0 Å². The van der Waals surface area contributed by atoms with Gasteiger partial charge in [0.25, 0.3) is 5.91 Å². The normalized spacial score (nSPS) is 24.8. The van der Waals surface area contributed by atoms with E-state index in [4.69, 9.17) is 9.47 Å². The van der Waals surface area contributed by atoms with Gasteiger partial charge in [0.1, 0.15) is 18.2 Å². The van der Waals surface area contributed by atoms with Crippen LogP contribution in [0.2, 0.25) is 0 Å². The zero-order chi connectivity index (χ0) is 33.7. The van der Waals surface area contributed by atoms with E-state index in [2.05, 4.69) is 18.5 Å². The lowest BCUT2D eigenvalue weighted by Crippen LogP contribution is -2.57. The number of aliphatic hydroxyl groups excluding tert-OH is 1. The van der Waals surface area contributed by atoms with Crippen LogP contribution in [0.1, 0.15) is 54.8 Å². The Labute approximate surface area is 276 Å². The van der Waals surface area contributed by atoms with Crippen LogP contribution in [0, 0.1) is 25.7 Å². The van der Waals surface area contributed by atoms with Gasteiger partial charge in [-0.05, 0) is 56.2 Å². The molecule has 3 fully saturated rings. The van der Waals surface area contributed by atoms with E-state index in [0.717, 1.165) is 22.4 Å². The quantitative estimate of drug-likeness (QED) is 0.223. The van der Waals surface area contributed by atoms with Crippen LogP contribution >= 0.6 is 0 Å². The number of hydrogen-bond acceptors (Lipinski definition) is 7. The van der Waals surface area contributed by atoms with Crippen molar-refractivity contribution in [1.29, 1.82) is 0 Å². The van der Waals surface area contributed by atoms with E-state index >= 15 is 0 Å². The topological polar surface area (TPSA) is 125 Å². The number of carbonyl (C=O) groups excluding carboxylic acids is 4. The fourth-order valence-corrected chi connectivity index (χ4v) is 7.66. The molecule has 0 unspecified atom stereocenters.